The number of nitrogens with zero attached hydrogens (tertiary/aromatic N) is 3. The van der Waals surface area contributed by atoms with E-state index in [1.165, 1.54) is 0 Å². The topological polar surface area (TPSA) is 102 Å². The minimum Gasteiger partial charge on any atom is -0.395 e. The van der Waals surface area contributed by atoms with Gasteiger partial charge in [0.05, 0.1) is 17.3 Å². The van der Waals surface area contributed by atoms with Crippen molar-refractivity contribution in [3.05, 3.63) is 27.9 Å². The van der Waals surface area contributed by atoms with Gasteiger partial charge in [-0.15, -0.1) is 0 Å². The van der Waals surface area contributed by atoms with E-state index >= 15 is 0 Å². The molecule has 0 radical (unpaired) electrons. The van der Waals surface area contributed by atoms with Crippen molar-refractivity contribution in [1.82, 2.24) is 9.88 Å². The summed E-state index contributed by atoms with van der Waals surface area (Å²) in [5.41, 5.74) is 5.93. The maximum Gasteiger partial charge on any atom is 0.364 e. The van der Waals surface area contributed by atoms with Crippen LogP contribution in [0.1, 0.15) is 30.6 Å². The van der Waals surface area contributed by atoms with E-state index in [4.69, 9.17) is 5.73 Å². The molecule has 7 nitrogen and oxygen atoms in total. The van der Waals surface area contributed by atoms with E-state index in [0.717, 1.165) is 18.7 Å². The number of nitrogens with two attached hydrogens (primary N) is 1. The van der Waals surface area contributed by atoms with Crippen molar-refractivity contribution in [1.29, 1.82) is 0 Å². The van der Waals surface area contributed by atoms with Gasteiger partial charge in [-0.3, -0.25) is 4.79 Å². The molecule has 1 amide bonds. The van der Waals surface area contributed by atoms with Gasteiger partial charge in [-0.1, -0.05) is 6.92 Å². The van der Waals surface area contributed by atoms with Gasteiger partial charge < -0.3 is 20.7 Å². The summed E-state index contributed by atoms with van der Waals surface area (Å²) in [6.45, 7) is 4.92. The molecule has 0 atom stereocenters. The fourth-order valence-electron chi connectivity index (χ4n) is 1.58. The van der Waals surface area contributed by atoms with Crippen molar-refractivity contribution < 1.29 is 9.72 Å². The number of carbonyl (C=O) groups is 1. The van der Waals surface area contributed by atoms with Gasteiger partial charge in [-0.2, -0.15) is 0 Å². The van der Waals surface area contributed by atoms with Gasteiger partial charge >= 0.3 is 5.82 Å². The number of nitro groups is 1. The zero-order chi connectivity index (χ0) is 13.7. The zero-order valence-electron chi connectivity index (χ0n) is 10.4. The van der Waals surface area contributed by atoms with Crippen molar-refractivity contribution in [3.8, 4) is 0 Å². The van der Waals surface area contributed by atoms with E-state index in [-0.39, 0.29) is 23.0 Å². The van der Waals surface area contributed by atoms with Crippen LogP contribution in [-0.2, 0) is 0 Å². The molecule has 0 aliphatic rings. The lowest BCUT2D eigenvalue weighted by Crippen LogP contribution is -2.32. The SMILES string of the molecule is CCCN(CC)C(=O)c1cc([N+](=O)[O-])ncc1N. The number of rotatable bonds is 5. The van der Waals surface area contributed by atoms with Crippen molar-refractivity contribution in [3.63, 3.8) is 0 Å². The van der Waals surface area contributed by atoms with Crippen LogP contribution in [0.3, 0.4) is 0 Å². The molecule has 1 aromatic heterocycles. The van der Waals surface area contributed by atoms with Crippen LogP contribution in [0.2, 0.25) is 0 Å². The Hall–Kier alpha value is -2.18. The maximum atomic E-state index is 12.2. The van der Waals surface area contributed by atoms with Crippen molar-refractivity contribution in [2.24, 2.45) is 0 Å². The smallest absolute Gasteiger partial charge is 0.364 e. The summed E-state index contributed by atoms with van der Waals surface area (Å²) >= 11 is 0. The molecule has 2 N–H and O–H groups in total. The highest BCUT2D eigenvalue weighted by Crippen LogP contribution is 2.18. The molecule has 18 heavy (non-hydrogen) atoms. The van der Waals surface area contributed by atoms with Crippen molar-refractivity contribution in [2.75, 3.05) is 18.8 Å². The van der Waals surface area contributed by atoms with Crippen LogP contribution in [0.25, 0.3) is 0 Å². The first kappa shape index (κ1) is 13.9. The van der Waals surface area contributed by atoms with Gasteiger partial charge in [0.2, 0.25) is 0 Å². The number of aromatic nitrogens is 1. The highest BCUT2D eigenvalue weighted by Gasteiger charge is 2.20. The Labute approximate surface area is 105 Å². The molecule has 1 rings (SSSR count). The highest BCUT2D eigenvalue weighted by atomic mass is 16.6. The summed E-state index contributed by atoms with van der Waals surface area (Å²) in [4.78, 5) is 27.3. The average molecular weight is 252 g/mol. The molecule has 1 aromatic rings. The summed E-state index contributed by atoms with van der Waals surface area (Å²) in [5, 5.41) is 10.6. The van der Waals surface area contributed by atoms with Crippen LogP contribution in [0.5, 0.6) is 0 Å². The van der Waals surface area contributed by atoms with Crippen LogP contribution >= 0.6 is 0 Å². The maximum absolute atomic E-state index is 12.2. The van der Waals surface area contributed by atoms with E-state index in [0.29, 0.717) is 13.1 Å². The molecule has 0 spiro atoms. The fourth-order valence-corrected chi connectivity index (χ4v) is 1.58. The summed E-state index contributed by atoms with van der Waals surface area (Å²) < 4.78 is 0. The molecule has 1 heterocycles. The number of anilines is 1. The predicted octanol–water partition coefficient (Wildman–Crippen LogP) is 1.44. The Bertz CT molecular complexity index is 462. The van der Waals surface area contributed by atoms with E-state index in [2.05, 4.69) is 4.98 Å². The van der Waals surface area contributed by atoms with Crippen LogP contribution < -0.4 is 5.73 Å². The second-order valence-corrected chi connectivity index (χ2v) is 3.77. The summed E-state index contributed by atoms with van der Waals surface area (Å²) in [6.07, 6.45) is 1.96. The Morgan fingerprint density at radius 1 is 1.56 bits per heavy atom. The fraction of sp³-hybridized carbons (Fsp3) is 0.455. The minimum atomic E-state index is -0.647. The number of nitrogen functional groups attached to an aromatic ring is 1. The molecule has 0 saturated heterocycles. The lowest BCUT2D eigenvalue weighted by atomic mass is 10.2. The Morgan fingerprint density at radius 2 is 2.22 bits per heavy atom. The van der Waals surface area contributed by atoms with Crippen LogP contribution in [-0.4, -0.2) is 33.8 Å². The van der Waals surface area contributed by atoms with Crippen molar-refractivity contribution in [2.45, 2.75) is 20.3 Å². The molecule has 7 heteroatoms. The molecule has 0 fully saturated rings. The first-order chi connectivity index (χ1) is 8.51. The molecule has 0 unspecified atom stereocenters. The molecule has 98 valence electrons. The lowest BCUT2D eigenvalue weighted by molar-refractivity contribution is -0.389. The van der Waals surface area contributed by atoms with Gasteiger partial charge in [0.1, 0.15) is 0 Å². The number of carbonyl (C=O) groups excluding carboxylic acids is 1. The van der Waals surface area contributed by atoms with E-state index in [1.807, 2.05) is 13.8 Å². The standard InChI is InChI=1S/C11H16N4O3/c1-3-5-14(4-2)11(16)8-6-10(15(17)18)13-7-9(8)12/h6-7H,3-5,12H2,1-2H3. The second kappa shape index (κ2) is 5.95. The number of hydrogen-bond acceptors (Lipinski definition) is 5. The molecular formula is C11H16N4O3. The Kier molecular flexibility index (Phi) is 4.59. The Morgan fingerprint density at radius 3 is 2.72 bits per heavy atom. The largest absolute Gasteiger partial charge is 0.395 e. The van der Waals surface area contributed by atoms with Crippen molar-refractivity contribution >= 4 is 17.4 Å². The summed E-state index contributed by atoms with van der Waals surface area (Å²) in [7, 11) is 0. The van der Waals surface area contributed by atoms with E-state index in [9.17, 15) is 14.9 Å². The molecule has 0 saturated carbocycles. The normalized spacial score (nSPS) is 10.1. The Balaban J connectivity index is 3.10. The number of amides is 1. The highest BCUT2D eigenvalue weighted by molar-refractivity contribution is 5.99. The van der Waals surface area contributed by atoms with Gasteiger partial charge in [0.25, 0.3) is 5.91 Å². The lowest BCUT2D eigenvalue weighted by Gasteiger charge is -2.20. The summed E-state index contributed by atoms with van der Waals surface area (Å²) in [5.74, 6) is -0.678. The quantitative estimate of drug-likeness (QED) is 0.631. The third kappa shape index (κ3) is 2.93. The van der Waals surface area contributed by atoms with Crippen LogP contribution in [0, 0.1) is 10.1 Å². The first-order valence-corrected chi connectivity index (χ1v) is 5.70. The first-order valence-electron chi connectivity index (χ1n) is 5.70. The molecule has 0 bridgehead atoms. The predicted molar refractivity (Wildman–Crippen MR) is 67.2 cm³/mol. The van der Waals surface area contributed by atoms with Gasteiger partial charge in [-0.05, 0) is 23.3 Å². The third-order valence-electron chi connectivity index (χ3n) is 2.50. The monoisotopic (exact) mass is 252 g/mol. The minimum absolute atomic E-state index is 0.131. The zero-order valence-corrected chi connectivity index (χ0v) is 10.4. The molecule has 0 aliphatic heterocycles. The summed E-state index contributed by atoms with van der Waals surface area (Å²) in [6, 6.07) is 1.12. The molecular weight excluding hydrogens is 236 g/mol. The van der Waals surface area contributed by atoms with Crippen LogP contribution in [0.15, 0.2) is 12.3 Å². The second-order valence-electron chi connectivity index (χ2n) is 3.77. The molecule has 0 aliphatic carbocycles. The number of pyridine rings is 1. The number of hydrogen-bond donors (Lipinski definition) is 1. The van der Waals surface area contributed by atoms with E-state index in [1.54, 1.807) is 4.90 Å². The van der Waals surface area contributed by atoms with Crippen LogP contribution in [0.4, 0.5) is 11.5 Å². The molecule has 0 aromatic carbocycles. The van der Waals surface area contributed by atoms with E-state index < -0.39 is 4.92 Å². The van der Waals surface area contributed by atoms with Gasteiger partial charge in [-0.25, -0.2) is 0 Å². The van der Waals surface area contributed by atoms with Gasteiger partial charge in [0, 0.05) is 13.1 Å². The van der Waals surface area contributed by atoms with Gasteiger partial charge in [0.15, 0.2) is 6.20 Å². The average Bonchev–Trinajstić information content (AvgIpc) is 2.35. The third-order valence-corrected chi connectivity index (χ3v) is 2.50.